The van der Waals surface area contributed by atoms with Crippen LogP contribution in [0.1, 0.15) is 12.0 Å². The van der Waals surface area contributed by atoms with Crippen LogP contribution in [0.2, 0.25) is 0 Å². The van der Waals surface area contributed by atoms with E-state index < -0.39 is 12.0 Å². The first-order valence-corrected chi connectivity index (χ1v) is 11.9. The number of aliphatic carboxylic acids is 1. The molecule has 3 atom stereocenters. The second-order valence-electron chi connectivity index (χ2n) is 8.88. The van der Waals surface area contributed by atoms with E-state index in [1.165, 1.54) is 0 Å². The van der Waals surface area contributed by atoms with Gasteiger partial charge in [-0.2, -0.15) is 0 Å². The number of aliphatic hydroxyl groups excluding tert-OH is 1. The van der Waals surface area contributed by atoms with Gasteiger partial charge in [-0.1, -0.05) is 24.3 Å². The van der Waals surface area contributed by atoms with E-state index >= 15 is 0 Å². The van der Waals surface area contributed by atoms with Crippen LogP contribution in [0.5, 0.6) is 0 Å². The van der Waals surface area contributed by atoms with Crippen LogP contribution in [-0.4, -0.2) is 88.4 Å². The van der Waals surface area contributed by atoms with Crippen molar-refractivity contribution in [3.63, 3.8) is 0 Å². The number of H-pyrrole nitrogens is 1. The number of amides is 1. The number of likely N-dealkylation sites (tertiary alicyclic amines) is 1. The Morgan fingerprint density at radius 2 is 2.06 bits per heavy atom. The van der Waals surface area contributed by atoms with Gasteiger partial charge in [-0.15, -0.1) is 0 Å². The molecular weight excluding hydrogens is 464 g/mol. The minimum atomic E-state index is -1.13. The van der Waals surface area contributed by atoms with E-state index in [-0.39, 0.29) is 37.8 Å². The molecule has 2 aromatic heterocycles. The van der Waals surface area contributed by atoms with E-state index in [0.717, 1.165) is 29.7 Å². The third kappa shape index (κ3) is 6.30. The molecule has 1 aromatic carbocycles. The number of nitrogens with one attached hydrogen (secondary N) is 4. The molecule has 192 valence electrons. The van der Waals surface area contributed by atoms with Crippen molar-refractivity contribution in [1.29, 1.82) is 0 Å². The minimum Gasteiger partial charge on any atom is -0.480 e. The number of aromatic nitrogens is 2. The number of aliphatic hydroxyl groups is 1. The van der Waals surface area contributed by atoms with Gasteiger partial charge in [-0.3, -0.25) is 9.69 Å². The molecule has 11 heteroatoms. The van der Waals surface area contributed by atoms with E-state index in [9.17, 15) is 19.8 Å². The molecule has 0 spiro atoms. The highest BCUT2D eigenvalue weighted by atomic mass is 16.5. The Hall–Kier alpha value is -3.67. The number of hydrogen-bond donors (Lipinski definition) is 6. The smallest absolute Gasteiger partial charge is 0.328 e. The lowest BCUT2D eigenvalue weighted by Crippen LogP contribution is -2.43. The SMILES string of the molecule is CN1CC(OCC(=O)NCC(Nc2[nH]c3ccccc3c2CO)C(=O)O)CC1CNc1ccccn1. The number of carboxylic acids is 1. The van der Waals surface area contributed by atoms with Crippen LogP contribution in [0.3, 0.4) is 0 Å². The van der Waals surface area contributed by atoms with Crippen LogP contribution in [0.15, 0.2) is 48.7 Å². The molecule has 1 fully saturated rings. The van der Waals surface area contributed by atoms with Gasteiger partial charge in [0.2, 0.25) is 5.91 Å². The van der Waals surface area contributed by atoms with Crippen LogP contribution >= 0.6 is 0 Å². The number of ether oxygens (including phenoxy) is 1. The Morgan fingerprint density at radius 3 is 2.81 bits per heavy atom. The summed E-state index contributed by atoms with van der Waals surface area (Å²) >= 11 is 0. The number of carboxylic acid groups (broad SMARTS) is 1. The van der Waals surface area contributed by atoms with Crippen molar-refractivity contribution in [2.45, 2.75) is 31.2 Å². The first kappa shape index (κ1) is 25.4. The molecule has 0 aliphatic carbocycles. The molecule has 0 saturated carbocycles. The fourth-order valence-corrected chi connectivity index (χ4v) is 4.40. The quantitative estimate of drug-likeness (QED) is 0.217. The molecule has 3 aromatic rings. The summed E-state index contributed by atoms with van der Waals surface area (Å²) in [4.78, 5) is 33.7. The third-order valence-corrected chi connectivity index (χ3v) is 6.38. The maximum atomic E-state index is 12.4. The Labute approximate surface area is 208 Å². The Balaban J connectivity index is 1.23. The summed E-state index contributed by atoms with van der Waals surface area (Å²) in [6, 6.07) is 12.2. The molecule has 0 radical (unpaired) electrons. The van der Waals surface area contributed by atoms with E-state index in [4.69, 9.17) is 4.74 Å². The van der Waals surface area contributed by atoms with Crippen molar-refractivity contribution in [2.75, 3.05) is 43.9 Å². The van der Waals surface area contributed by atoms with Gasteiger partial charge in [0.1, 0.15) is 24.3 Å². The van der Waals surface area contributed by atoms with Crippen molar-refractivity contribution in [2.24, 2.45) is 0 Å². The molecular formula is C25H32N6O5. The predicted molar refractivity (Wildman–Crippen MR) is 136 cm³/mol. The molecule has 3 heterocycles. The van der Waals surface area contributed by atoms with Crippen molar-refractivity contribution in [3.05, 3.63) is 54.2 Å². The van der Waals surface area contributed by atoms with Crippen molar-refractivity contribution in [1.82, 2.24) is 20.2 Å². The molecule has 1 amide bonds. The number of rotatable bonds is 12. The van der Waals surface area contributed by atoms with Gasteiger partial charge < -0.3 is 35.9 Å². The molecule has 1 aliphatic rings. The summed E-state index contributed by atoms with van der Waals surface area (Å²) in [5, 5.41) is 29.1. The molecule has 36 heavy (non-hydrogen) atoms. The minimum absolute atomic E-state index is 0.0943. The summed E-state index contributed by atoms with van der Waals surface area (Å²) in [6.45, 7) is 0.867. The molecule has 6 N–H and O–H groups in total. The van der Waals surface area contributed by atoms with E-state index in [0.29, 0.717) is 17.9 Å². The largest absolute Gasteiger partial charge is 0.480 e. The average molecular weight is 497 g/mol. The lowest BCUT2D eigenvalue weighted by Gasteiger charge is -2.19. The number of benzene rings is 1. The van der Waals surface area contributed by atoms with E-state index in [1.54, 1.807) is 6.20 Å². The zero-order chi connectivity index (χ0) is 25.5. The van der Waals surface area contributed by atoms with Crippen molar-refractivity contribution >= 4 is 34.4 Å². The standard InChI is InChI=1S/C25H32N6O5/c1-31-13-17(10-16(31)11-27-22-8-4-5-9-26-22)36-15-23(33)28-12-21(25(34)35)30-24-19(14-32)18-6-2-3-7-20(18)29-24/h2-9,16-17,21,29-30,32H,10-15H2,1H3,(H,26,27)(H,28,33)(H,34,35). The monoisotopic (exact) mass is 496 g/mol. The number of carbonyl (C=O) groups is 2. The highest BCUT2D eigenvalue weighted by Crippen LogP contribution is 2.26. The molecule has 1 aliphatic heterocycles. The summed E-state index contributed by atoms with van der Waals surface area (Å²) in [6.07, 6.45) is 2.41. The zero-order valence-electron chi connectivity index (χ0n) is 20.1. The first-order chi connectivity index (χ1) is 17.4. The van der Waals surface area contributed by atoms with Crippen LogP contribution in [0.4, 0.5) is 11.6 Å². The number of hydrogen-bond acceptors (Lipinski definition) is 8. The number of pyridine rings is 1. The lowest BCUT2D eigenvalue weighted by molar-refractivity contribution is -0.138. The predicted octanol–water partition coefficient (Wildman–Crippen LogP) is 1.24. The van der Waals surface area contributed by atoms with Gasteiger partial charge in [0.25, 0.3) is 0 Å². The number of para-hydroxylation sites is 1. The average Bonchev–Trinajstić information content (AvgIpc) is 3.43. The molecule has 4 rings (SSSR count). The van der Waals surface area contributed by atoms with Crippen LogP contribution in [0.25, 0.3) is 10.9 Å². The number of fused-ring (bicyclic) bond motifs is 1. The molecule has 0 bridgehead atoms. The van der Waals surface area contributed by atoms with Gasteiger partial charge in [0.15, 0.2) is 0 Å². The topological polar surface area (TPSA) is 152 Å². The Morgan fingerprint density at radius 1 is 1.25 bits per heavy atom. The fourth-order valence-electron chi connectivity index (χ4n) is 4.40. The maximum Gasteiger partial charge on any atom is 0.328 e. The lowest BCUT2D eigenvalue weighted by atomic mass is 10.1. The zero-order valence-corrected chi connectivity index (χ0v) is 20.1. The van der Waals surface area contributed by atoms with Crippen LogP contribution in [0, 0.1) is 0 Å². The summed E-state index contributed by atoms with van der Waals surface area (Å²) in [5.74, 6) is -0.287. The van der Waals surface area contributed by atoms with E-state index in [1.807, 2.05) is 49.5 Å². The maximum absolute atomic E-state index is 12.4. The van der Waals surface area contributed by atoms with E-state index in [2.05, 4.69) is 30.8 Å². The highest BCUT2D eigenvalue weighted by Gasteiger charge is 2.30. The number of anilines is 2. The Bertz CT molecular complexity index is 1170. The van der Waals surface area contributed by atoms with Crippen molar-refractivity contribution < 1.29 is 24.5 Å². The van der Waals surface area contributed by atoms with Gasteiger partial charge >= 0.3 is 5.97 Å². The summed E-state index contributed by atoms with van der Waals surface area (Å²) in [7, 11) is 2.02. The summed E-state index contributed by atoms with van der Waals surface area (Å²) < 4.78 is 5.80. The molecule has 3 unspecified atom stereocenters. The fraction of sp³-hybridized carbons (Fsp3) is 0.400. The second kappa shape index (κ2) is 11.8. The third-order valence-electron chi connectivity index (χ3n) is 6.38. The number of carbonyl (C=O) groups excluding carboxylic acids is 1. The number of likely N-dealkylation sites (N-methyl/N-ethyl adjacent to an activating group) is 1. The first-order valence-electron chi connectivity index (χ1n) is 11.9. The van der Waals surface area contributed by atoms with Gasteiger partial charge in [-0.05, 0) is 31.7 Å². The van der Waals surface area contributed by atoms with Gasteiger partial charge in [0.05, 0.1) is 12.7 Å². The molecule has 1 saturated heterocycles. The highest BCUT2D eigenvalue weighted by molar-refractivity contribution is 5.90. The van der Waals surface area contributed by atoms with Crippen LogP contribution in [-0.2, 0) is 20.9 Å². The van der Waals surface area contributed by atoms with Gasteiger partial charge in [0, 0.05) is 48.3 Å². The van der Waals surface area contributed by atoms with Gasteiger partial charge in [-0.25, -0.2) is 9.78 Å². The molecule has 11 nitrogen and oxygen atoms in total. The summed E-state index contributed by atoms with van der Waals surface area (Å²) in [5.41, 5.74) is 1.35. The number of nitrogens with zero attached hydrogens (tertiary/aromatic N) is 2. The number of aromatic amines is 1. The Kier molecular flexibility index (Phi) is 8.36. The second-order valence-corrected chi connectivity index (χ2v) is 8.88. The van der Waals surface area contributed by atoms with Crippen molar-refractivity contribution in [3.8, 4) is 0 Å². The van der Waals surface area contributed by atoms with Crippen LogP contribution < -0.4 is 16.0 Å². The normalized spacial score (nSPS) is 18.7.